The number of amides is 1. The van der Waals surface area contributed by atoms with Crippen molar-refractivity contribution in [1.82, 2.24) is 15.2 Å². The molecule has 7 heteroatoms. The van der Waals surface area contributed by atoms with Gasteiger partial charge in [-0.25, -0.2) is 0 Å². The van der Waals surface area contributed by atoms with Gasteiger partial charge in [-0.2, -0.15) is 5.26 Å². The zero-order valence-electron chi connectivity index (χ0n) is 20.0. The smallest absolute Gasteiger partial charge is 0.251 e. The monoisotopic (exact) mass is 456 g/mol. The number of H-pyrrole nitrogens is 1. The summed E-state index contributed by atoms with van der Waals surface area (Å²) in [6.45, 7) is 9.59. The summed E-state index contributed by atoms with van der Waals surface area (Å²) in [5.41, 5.74) is 5.52. The molecule has 3 rings (SSSR count). The molecule has 1 aromatic heterocycles. The van der Waals surface area contributed by atoms with Crippen LogP contribution in [0.25, 0.3) is 16.5 Å². The lowest BCUT2D eigenvalue weighted by molar-refractivity contribution is 0.0948. The fraction of sp³-hybridized carbons (Fsp3) is 0.296. The van der Waals surface area contributed by atoms with Gasteiger partial charge in [0.05, 0.1) is 11.8 Å². The van der Waals surface area contributed by atoms with Crippen LogP contribution in [0.2, 0.25) is 0 Å². The number of carbonyl (C=O) groups excluding carboxylic acids is 1. The van der Waals surface area contributed by atoms with Crippen LogP contribution in [0.15, 0.2) is 54.7 Å². The van der Waals surface area contributed by atoms with Gasteiger partial charge in [0.15, 0.2) is 0 Å². The molecule has 0 saturated heterocycles. The van der Waals surface area contributed by atoms with Crippen molar-refractivity contribution < 1.29 is 4.79 Å². The molecule has 0 aliphatic rings. The molecule has 2 aromatic carbocycles. The molecule has 0 aliphatic carbocycles. The summed E-state index contributed by atoms with van der Waals surface area (Å²) >= 11 is 0. The maximum absolute atomic E-state index is 12.4. The molecule has 0 fully saturated rings. The largest absolute Gasteiger partial charge is 0.382 e. The van der Waals surface area contributed by atoms with Crippen LogP contribution < -0.4 is 10.6 Å². The summed E-state index contributed by atoms with van der Waals surface area (Å²) in [7, 11) is 0. The number of allylic oxidation sites excluding steroid dienone is 2. The number of nitrogens with one attached hydrogen (secondary N) is 4. The number of hydrogen-bond acceptors (Lipinski definition) is 5. The molecule has 0 atom stereocenters. The number of rotatable bonds is 11. The summed E-state index contributed by atoms with van der Waals surface area (Å²) in [5, 5.41) is 24.6. The quantitative estimate of drug-likeness (QED) is 0.250. The first-order valence-corrected chi connectivity index (χ1v) is 11.5. The highest BCUT2D eigenvalue weighted by Crippen LogP contribution is 2.27. The highest BCUT2D eigenvalue weighted by Gasteiger charge is 2.11. The van der Waals surface area contributed by atoms with Gasteiger partial charge in [0.2, 0.25) is 0 Å². The van der Waals surface area contributed by atoms with Crippen LogP contribution in [-0.4, -0.2) is 54.2 Å². The average molecular weight is 457 g/mol. The summed E-state index contributed by atoms with van der Waals surface area (Å²) in [6.07, 6.45) is 3.36. The second-order valence-corrected chi connectivity index (χ2v) is 8.21. The van der Waals surface area contributed by atoms with Gasteiger partial charge in [-0.15, -0.1) is 0 Å². The van der Waals surface area contributed by atoms with Crippen LogP contribution in [0, 0.1) is 23.7 Å². The summed E-state index contributed by atoms with van der Waals surface area (Å²) in [4.78, 5) is 18.0. The third-order valence-corrected chi connectivity index (χ3v) is 5.90. The summed E-state index contributed by atoms with van der Waals surface area (Å²) in [5.74, 6) is -0.0353. The zero-order chi connectivity index (χ0) is 24.5. The SMILES string of the molecule is CCN(CCNC(=O)c1ccccc1C)CCNc1c[nH]c2ccc(/C(=C/C#N)C(C)=N)cc12. The number of benzene rings is 2. The predicted octanol–water partition coefficient (Wildman–Crippen LogP) is 4.59. The number of carbonyl (C=O) groups is 1. The first-order valence-electron chi connectivity index (χ1n) is 11.5. The van der Waals surface area contributed by atoms with Crippen molar-refractivity contribution in [2.75, 3.05) is 38.0 Å². The summed E-state index contributed by atoms with van der Waals surface area (Å²) < 4.78 is 0. The fourth-order valence-corrected chi connectivity index (χ4v) is 3.93. The van der Waals surface area contributed by atoms with Crippen molar-refractivity contribution in [1.29, 1.82) is 10.7 Å². The number of aromatic nitrogens is 1. The second kappa shape index (κ2) is 11.8. The number of aryl methyl sites for hydroxylation is 1. The number of hydrogen-bond donors (Lipinski definition) is 4. The van der Waals surface area contributed by atoms with Gasteiger partial charge in [-0.05, 0) is 49.7 Å². The topological polar surface area (TPSA) is 108 Å². The molecule has 1 amide bonds. The summed E-state index contributed by atoms with van der Waals surface area (Å²) in [6, 6.07) is 15.5. The van der Waals surface area contributed by atoms with E-state index in [1.54, 1.807) is 6.92 Å². The highest BCUT2D eigenvalue weighted by atomic mass is 16.1. The van der Waals surface area contributed by atoms with Gasteiger partial charge in [-0.1, -0.05) is 31.2 Å². The van der Waals surface area contributed by atoms with Crippen LogP contribution in [0.4, 0.5) is 5.69 Å². The van der Waals surface area contributed by atoms with E-state index in [1.807, 2.05) is 61.7 Å². The van der Waals surface area contributed by atoms with E-state index in [1.165, 1.54) is 6.08 Å². The molecule has 0 radical (unpaired) electrons. The van der Waals surface area contributed by atoms with Gasteiger partial charge in [0, 0.05) is 66.2 Å². The Labute approximate surface area is 201 Å². The van der Waals surface area contributed by atoms with Crippen molar-refractivity contribution in [2.24, 2.45) is 0 Å². The van der Waals surface area contributed by atoms with E-state index in [0.717, 1.165) is 59.5 Å². The Morgan fingerprint density at radius 2 is 1.97 bits per heavy atom. The molecule has 0 spiro atoms. The maximum Gasteiger partial charge on any atom is 0.251 e. The van der Waals surface area contributed by atoms with Crippen molar-refractivity contribution >= 4 is 33.8 Å². The number of nitriles is 1. The minimum atomic E-state index is -0.0353. The number of fused-ring (bicyclic) bond motifs is 1. The molecule has 1 heterocycles. The van der Waals surface area contributed by atoms with Crippen LogP contribution in [0.5, 0.6) is 0 Å². The third kappa shape index (κ3) is 6.12. The van der Waals surface area contributed by atoms with Gasteiger partial charge < -0.3 is 25.9 Å². The number of nitrogens with zero attached hydrogens (tertiary/aromatic N) is 2. The first kappa shape index (κ1) is 24.7. The van der Waals surface area contributed by atoms with Crippen molar-refractivity contribution in [2.45, 2.75) is 20.8 Å². The van der Waals surface area contributed by atoms with Crippen LogP contribution in [0.1, 0.15) is 35.3 Å². The molecule has 0 saturated carbocycles. The van der Waals surface area contributed by atoms with Crippen molar-refractivity contribution in [3.05, 3.63) is 71.4 Å². The average Bonchev–Trinajstić information content (AvgIpc) is 3.23. The Morgan fingerprint density at radius 1 is 1.21 bits per heavy atom. The third-order valence-electron chi connectivity index (χ3n) is 5.90. The molecule has 4 N–H and O–H groups in total. The van der Waals surface area contributed by atoms with Crippen LogP contribution in [-0.2, 0) is 0 Å². The van der Waals surface area contributed by atoms with E-state index in [9.17, 15) is 4.79 Å². The normalized spacial score (nSPS) is 11.4. The van der Waals surface area contributed by atoms with Crippen LogP contribution >= 0.6 is 0 Å². The standard InChI is InChI=1S/C27H32N6O/c1-4-33(16-14-31-27(34)22-8-6-5-7-19(22)2)15-13-30-26-18-32-25-10-9-21(17-24(25)26)23(11-12-28)20(3)29/h5-11,17-18,29-30,32H,4,13-16H2,1-3H3,(H,31,34)/b23-11+,29-20?. The lowest BCUT2D eigenvalue weighted by Gasteiger charge is -2.21. The molecule has 0 aliphatic heterocycles. The Hall–Kier alpha value is -3.89. The van der Waals surface area contributed by atoms with Crippen LogP contribution in [0.3, 0.4) is 0 Å². The van der Waals surface area contributed by atoms with E-state index in [4.69, 9.17) is 10.7 Å². The van der Waals surface area contributed by atoms with Crippen molar-refractivity contribution in [3.63, 3.8) is 0 Å². The Bertz CT molecular complexity index is 1230. The lowest BCUT2D eigenvalue weighted by atomic mass is 10.00. The van der Waals surface area contributed by atoms with Crippen molar-refractivity contribution in [3.8, 4) is 6.07 Å². The molecule has 0 bridgehead atoms. The molecule has 3 aromatic rings. The molecule has 7 nitrogen and oxygen atoms in total. The van der Waals surface area contributed by atoms with E-state index >= 15 is 0 Å². The van der Waals surface area contributed by atoms with E-state index < -0.39 is 0 Å². The van der Waals surface area contributed by atoms with E-state index in [2.05, 4.69) is 27.4 Å². The van der Waals surface area contributed by atoms with Gasteiger partial charge >= 0.3 is 0 Å². The van der Waals surface area contributed by atoms with E-state index in [-0.39, 0.29) is 5.91 Å². The lowest BCUT2D eigenvalue weighted by Crippen LogP contribution is -2.37. The predicted molar refractivity (Wildman–Crippen MR) is 139 cm³/mol. The van der Waals surface area contributed by atoms with Gasteiger partial charge in [0.25, 0.3) is 5.91 Å². The molecule has 34 heavy (non-hydrogen) atoms. The Kier molecular flexibility index (Phi) is 8.60. The molecular weight excluding hydrogens is 424 g/mol. The first-order chi connectivity index (χ1) is 16.4. The van der Waals surface area contributed by atoms with E-state index in [0.29, 0.717) is 17.8 Å². The number of likely N-dealkylation sites (N-methyl/N-ethyl adjacent to an activating group) is 1. The molecule has 0 unspecified atom stereocenters. The minimum absolute atomic E-state index is 0.0353. The molecule has 176 valence electrons. The number of anilines is 1. The molecular formula is C27H32N6O. The van der Waals surface area contributed by atoms with Gasteiger partial charge in [0.1, 0.15) is 0 Å². The Balaban J connectivity index is 1.56. The minimum Gasteiger partial charge on any atom is -0.382 e. The highest BCUT2D eigenvalue weighted by molar-refractivity contribution is 6.22. The zero-order valence-corrected chi connectivity index (χ0v) is 20.0. The van der Waals surface area contributed by atoms with Gasteiger partial charge in [-0.3, -0.25) is 4.79 Å². The fourth-order valence-electron chi connectivity index (χ4n) is 3.93. The Morgan fingerprint density at radius 3 is 2.68 bits per heavy atom. The number of aromatic amines is 1. The second-order valence-electron chi connectivity index (χ2n) is 8.21. The maximum atomic E-state index is 12.4.